The van der Waals surface area contributed by atoms with Crippen molar-refractivity contribution in [2.75, 3.05) is 13.2 Å². The van der Waals surface area contributed by atoms with Crippen LogP contribution >= 0.6 is 0 Å². The summed E-state index contributed by atoms with van der Waals surface area (Å²) in [4.78, 5) is 0. The van der Waals surface area contributed by atoms with Crippen molar-refractivity contribution in [1.82, 2.24) is 0 Å². The van der Waals surface area contributed by atoms with Crippen molar-refractivity contribution in [3.8, 4) is 0 Å². The van der Waals surface area contributed by atoms with Crippen LogP contribution in [0, 0.1) is 0 Å². The normalized spacial score (nSPS) is 19.6. The Labute approximate surface area is 61.8 Å². The summed E-state index contributed by atoms with van der Waals surface area (Å²) in [5, 5.41) is 0. The zero-order valence-electron chi connectivity index (χ0n) is 6.21. The van der Waals surface area contributed by atoms with Gasteiger partial charge in [0.15, 0.2) is 6.29 Å². The van der Waals surface area contributed by atoms with Crippen LogP contribution in [0.4, 0.5) is 0 Å². The van der Waals surface area contributed by atoms with Crippen molar-refractivity contribution >= 4 is 0 Å². The molecule has 0 radical (unpaired) electrons. The zero-order valence-corrected chi connectivity index (χ0v) is 6.21. The molecule has 0 N–H and O–H groups in total. The topological polar surface area (TPSA) is 18.5 Å². The van der Waals surface area contributed by atoms with Gasteiger partial charge in [-0.05, 0) is 19.3 Å². The highest BCUT2D eigenvalue weighted by atomic mass is 16.7. The molecule has 10 heavy (non-hydrogen) atoms. The summed E-state index contributed by atoms with van der Waals surface area (Å²) in [5.41, 5.74) is 0. The standard InChI is InChI=1S/C8H14O2/c1-2-3-4-5-8-9-6-7-10-8/h2,8H,1,3-7H2. The molecule has 0 spiro atoms. The first-order valence-electron chi connectivity index (χ1n) is 3.77. The van der Waals surface area contributed by atoms with Crippen LogP contribution in [0.2, 0.25) is 0 Å². The second-order valence-corrected chi connectivity index (χ2v) is 2.39. The third kappa shape index (κ3) is 2.50. The maximum Gasteiger partial charge on any atom is 0.157 e. The van der Waals surface area contributed by atoms with E-state index in [1.807, 2.05) is 6.08 Å². The lowest BCUT2D eigenvalue weighted by molar-refractivity contribution is -0.0474. The summed E-state index contributed by atoms with van der Waals surface area (Å²) in [6, 6.07) is 0. The molecule has 0 aromatic rings. The molecule has 1 saturated heterocycles. The van der Waals surface area contributed by atoms with Crippen molar-refractivity contribution in [1.29, 1.82) is 0 Å². The molecule has 2 nitrogen and oxygen atoms in total. The molecular formula is C8H14O2. The van der Waals surface area contributed by atoms with Crippen LogP contribution in [0.15, 0.2) is 12.7 Å². The molecule has 0 saturated carbocycles. The third-order valence-corrected chi connectivity index (χ3v) is 1.54. The van der Waals surface area contributed by atoms with E-state index in [-0.39, 0.29) is 6.29 Å². The second-order valence-electron chi connectivity index (χ2n) is 2.39. The molecule has 0 aromatic carbocycles. The molecule has 2 heteroatoms. The van der Waals surface area contributed by atoms with Gasteiger partial charge in [0.25, 0.3) is 0 Å². The van der Waals surface area contributed by atoms with Crippen LogP contribution in [0.25, 0.3) is 0 Å². The maximum atomic E-state index is 5.24. The second kappa shape index (κ2) is 4.47. The largest absolute Gasteiger partial charge is 0.350 e. The van der Waals surface area contributed by atoms with Gasteiger partial charge in [0, 0.05) is 0 Å². The Morgan fingerprint density at radius 3 is 2.70 bits per heavy atom. The molecule has 58 valence electrons. The first kappa shape index (κ1) is 7.76. The molecule has 1 aliphatic rings. The van der Waals surface area contributed by atoms with Crippen molar-refractivity contribution in [3.05, 3.63) is 12.7 Å². The molecule has 0 aromatic heterocycles. The van der Waals surface area contributed by atoms with Crippen molar-refractivity contribution in [2.45, 2.75) is 25.6 Å². The van der Waals surface area contributed by atoms with Gasteiger partial charge in [-0.1, -0.05) is 6.08 Å². The predicted molar refractivity (Wildman–Crippen MR) is 39.7 cm³/mol. The van der Waals surface area contributed by atoms with Gasteiger partial charge in [0.05, 0.1) is 13.2 Å². The van der Waals surface area contributed by atoms with Crippen LogP contribution in [0.1, 0.15) is 19.3 Å². The highest BCUT2D eigenvalue weighted by molar-refractivity contribution is 4.66. The number of rotatable bonds is 4. The molecular weight excluding hydrogens is 128 g/mol. The lowest BCUT2D eigenvalue weighted by atomic mass is 10.2. The maximum absolute atomic E-state index is 5.24. The fourth-order valence-electron chi connectivity index (χ4n) is 1.00. The number of hydrogen-bond donors (Lipinski definition) is 0. The van der Waals surface area contributed by atoms with E-state index in [2.05, 4.69) is 6.58 Å². The minimum atomic E-state index is 0.0694. The SMILES string of the molecule is C=CCCCC1OCCO1. The van der Waals surface area contributed by atoms with Crippen LogP contribution in [-0.2, 0) is 9.47 Å². The summed E-state index contributed by atoms with van der Waals surface area (Å²) >= 11 is 0. The van der Waals surface area contributed by atoms with E-state index in [4.69, 9.17) is 9.47 Å². The summed E-state index contributed by atoms with van der Waals surface area (Å²) in [6.07, 6.45) is 5.18. The van der Waals surface area contributed by atoms with Gasteiger partial charge >= 0.3 is 0 Å². The number of unbranched alkanes of at least 4 members (excludes halogenated alkanes) is 1. The Morgan fingerprint density at radius 1 is 1.40 bits per heavy atom. The molecule has 0 amide bonds. The van der Waals surface area contributed by atoms with Gasteiger partial charge in [0.2, 0.25) is 0 Å². The molecule has 1 fully saturated rings. The Balaban J connectivity index is 1.96. The van der Waals surface area contributed by atoms with E-state index in [0.717, 1.165) is 32.5 Å². The number of allylic oxidation sites excluding steroid dienone is 1. The molecule has 1 rings (SSSR count). The van der Waals surface area contributed by atoms with Gasteiger partial charge < -0.3 is 9.47 Å². The first-order chi connectivity index (χ1) is 4.93. The zero-order chi connectivity index (χ0) is 7.23. The average molecular weight is 142 g/mol. The van der Waals surface area contributed by atoms with Crippen LogP contribution < -0.4 is 0 Å². The predicted octanol–water partition coefficient (Wildman–Crippen LogP) is 1.72. The summed E-state index contributed by atoms with van der Waals surface area (Å²) in [5.74, 6) is 0. The summed E-state index contributed by atoms with van der Waals surface area (Å²) in [7, 11) is 0. The minimum Gasteiger partial charge on any atom is -0.350 e. The molecule has 0 unspecified atom stereocenters. The Bertz CT molecular complexity index is 95.4. The van der Waals surface area contributed by atoms with Gasteiger partial charge in [-0.15, -0.1) is 6.58 Å². The molecule has 0 aliphatic carbocycles. The van der Waals surface area contributed by atoms with Crippen molar-refractivity contribution in [2.24, 2.45) is 0 Å². The Hall–Kier alpha value is -0.340. The van der Waals surface area contributed by atoms with E-state index < -0.39 is 0 Å². The van der Waals surface area contributed by atoms with E-state index >= 15 is 0 Å². The summed E-state index contributed by atoms with van der Waals surface area (Å²) in [6.45, 7) is 5.17. The van der Waals surface area contributed by atoms with Gasteiger partial charge in [-0.2, -0.15) is 0 Å². The van der Waals surface area contributed by atoms with E-state index in [0.29, 0.717) is 0 Å². The fraction of sp³-hybridized carbons (Fsp3) is 0.750. The molecule has 0 atom stereocenters. The monoisotopic (exact) mass is 142 g/mol. The Morgan fingerprint density at radius 2 is 2.10 bits per heavy atom. The van der Waals surface area contributed by atoms with Gasteiger partial charge in [-0.3, -0.25) is 0 Å². The summed E-state index contributed by atoms with van der Waals surface area (Å²) < 4.78 is 10.5. The minimum absolute atomic E-state index is 0.0694. The molecule has 1 aliphatic heterocycles. The smallest absolute Gasteiger partial charge is 0.157 e. The van der Waals surface area contributed by atoms with Crippen LogP contribution in [0.5, 0.6) is 0 Å². The number of hydrogen-bond acceptors (Lipinski definition) is 2. The average Bonchev–Trinajstić information content (AvgIpc) is 2.41. The lowest BCUT2D eigenvalue weighted by Gasteiger charge is -2.06. The quantitative estimate of drug-likeness (QED) is 0.439. The van der Waals surface area contributed by atoms with Crippen molar-refractivity contribution < 1.29 is 9.47 Å². The van der Waals surface area contributed by atoms with Crippen molar-refractivity contribution in [3.63, 3.8) is 0 Å². The lowest BCUT2D eigenvalue weighted by Crippen LogP contribution is -2.06. The first-order valence-corrected chi connectivity index (χ1v) is 3.77. The van der Waals surface area contributed by atoms with Crippen LogP contribution in [-0.4, -0.2) is 19.5 Å². The Kier molecular flexibility index (Phi) is 3.47. The number of ether oxygens (including phenoxy) is 2. The molecule has 1 heterocycles. The van der Waals surface area contributed by atoms with Gasteiger partial charge in [-0.25, -0.2) is 0 Å². The molecule has 0 bridgehead atoms. The fourth-order valence-corrected chi connectivity index (χ4v) is 1.00. The van der Waals surface area contributed by atoms with E-state index in [1.54, 1.807) is 0 Å². The highest BCUT2D eigenvalue weighted by Crippen LogP contribution is 2.11. The highest BCUT2D eigenvalue weighted by Gasteiger charge is 2.13. The third-order valence-electron chi connectivity index (χ3n) is 1.54. The van der Waals surface area contributed by atoms with Crippen LogP contribution in [0.3, 0.4) is 0 Å². The van der Waals surface area contributed by atoms with E-state index in [9.17, 15) is 0 Å². The van der Waals surface area contributed by atoms with Gasteiger partial charge in [0.1, 0.15) is 0 Å². The van der Waals surface area contributed by atoms with E-state index in [1.165, 1.54) is 0 Å².